The topological polar surface area (TPSA) is 77.0 Å². The van der Waals surface area contributed by atoms with Crippen molar-refractivity contribution < 1.29 is 9.90 Å². The summed E-state index contributed by atoms with van der Waals surface area (Å²) in [7, 11) is 0. The van der Waals surface area contributed by atoms with Gasteiger partial charge in [-0.1, -0.05) is 0 Å². The van der Waals surface area contributed by atoms with E-state index in [4.69, 9.17) is 5.11 Å². The van der Waals surface area contributed by atoms with Gasteiger partial charge in [0.1, 0.15) is 0 Å². The molecule has 2 aliphatic heterocycles. The normalized spacial score (nSPS) is 20.8. The Morgan fingerprint density at radius 2 is 2.58 bits per heavy atom. The van der Waals surface area contributed by atoms with Crippen LogP contribution >= 0.6 is 0 Å². The van der Waals surface area contributed by atoms with Crippen molar-refractivity contribution in [2.24, 2.45) is 4.99 Å². The molecule has 0 saturated carbocycles. The van der Waals surface area contributed by atoms with Gasteiger partial charge in [-0.05, 0) is 0 Å². The Labute approximate surface area is 68.5 Å². The fourth-order valence-electron chi connectivity index (χ4n) is 1.12. The Bertz CT molecular complexity index is 283. The van der Waals surface area contributed by atoms with Crippen LogP contribution in [0.1, 0.15) is 0 Å². The molecule has 1 fully saturated rings. The van der Waals surface area contributed by atoms with E-state index in [9.17, 15) is 4.79 Å². The number of hydrazine groups is 1. The number of rotatable bonds is 1. The van der Waals surface area contributed by atoms with Crippen LogP contribution in [0.5, 0.6) is 0 Å². The lowest BCUT2D eigenvalue weighted by Gasteiger charge is -2.18. The SMILES string of the molecule is O=C(O)C1=CN=C2NNCN2C1. The van der Waals surface area contributed by atoms with Crippen LogP contribution in [0.25, 0.3) is 0 Å². The molecular weight excluding hydrogens is 160 g/mol. The molecule has 2 rings (SSSR count). The second-order valence-electron chi connectivity index (χ2n) is 2.57. The molecule has 64 valence electrons. The van der Waals surface area contributed by atoms with Crippen molar-refractivity contribution in [3.05, 3.63) is 11.8 Å². The quantitative estimate of drug-likeness (QED) is 0.453. The minimum absolute atomic E-state index is 0.309. The molecule has 0 spiro atoms. The van der Waals surface area contributed by atoms with E-state index in [1.165, 1.54) is 6.20 Å². The molecule has 0 atom stereocenters. The second-order valence-corrected chi connectivity index (χ2v) is 2.57. The van der Waals surface area contributed by atoms with Gasteiger partial charge in [-0.25, -0.2) is 15.2 Å². The Balaban J connectivity index is 2.20. The zero-order valence-electron chi connectivity index (χ0n) is 6.24. The van der Waals surface area contributed by atoms with Crippen LogP contribution in [-0.2, 0) is 4.79 Å². The molecule has 3 N–H and O–H groups in total. The number of guanidine groups is 1. The van der Waals surface area contributed by atoms with Gasteiger partial charge in [0.25, 0.3) is 0 Å². The molecule has 0 aromatic carbocycles. The molecule has 6 nitrogen and oxygen atoms in total. The summed E-state index contributed by atoms with van der Waals surface area (Å²) in [6.07, 6.45) is 1.37. The van der Waals surface area contributed by atoms with Gasteiger partial charge in [-0.3, -0.25) is 5.43 Å². The molecule has 0 aromatic heterocycles. The number of nitrogens with zero attached hydrogens (tertiary/aromatic N) is 2. The highest BCUT2D eigenvalue weighted by molar-refractivity contribution is 5.91. The van der Waals surface area contributed by atoms with E-state index < -0.39 is 5.97 Å². The van der Waals surface area contributed by atoms with E-state index in [1.807, 2.05) is 4.90 Å². The first-order valence-corrected chi connectivity index (χ1v) is 3.51. The number of carboxylic acid groups (broad SMARTS) is 1. The Kier molecular flexibility index (Phi) is 1.47. The predicted molar refractivity (Wildman–Crippen MR) is 41.0 cm³/mol. The second kappa shape index (κ2) is 2.49. The van der Waals surface area contributed by atoms with Gasteiger partial charge < -0.3 is 10.0 Å². The van der Waals surface area contributed by atoms with Gasteiger partial charge >= 0.3 is 5.97 Å². The number of aliphatic carboxylic acids is 1. The summed E-state index contributed by atoms with van der Waals surface area (Å²) in [5, 5.41) is 8.65. The van der Waals surface area contributed by atoms with Crippen LogP contribution in [0.3, 0.4) is 0 Å². The van der Waals surface area contributed by atoms with Crippen LogP contribution in [0.4, 0.5) is 0 Å². The third-order valence-corrected chi connectivity index (χ3v) is 1.75. The molecule has 1 saturated heterocycles. The molecule has 0 radical (unpaired) electrons. The monoisotopic (exact) mass is 168 g/mol. The lowest BCUT2D eigenvalue weighted by molar-refractivity contribution is -0.132. The smallest absolute Gasteiger partial charge is 0.334 e. The maximum atomic E-state index is 10.5. The first-order chi connectivity index (χ1) is 5.77. The maximum Gasteiger partial charge on any atom is 0.334 e. The van der Waals surface area contributed by atoms with Crippen molar-refractivity contribution in [3.8, 4) is 0 Å². The van der Waals surface area contributed by atoms with E-state index in [0.29, 0.717) is 24.7 Å². The molecule has 6 heteroatoms. The highest BCUT2D eigenvalue weighted by Crippen LogP contribution is 2.08. The van der Waals surface area contributed by atoms with Crippen LogP contribution in [-0.4, -0.2) is 35.1 Å². The first kappa shape index (κ1) is 7.11. The highest BCUT2D eigenvalue weighted by atomic mass is 16.4. The van der Waals surface area contributed by atoms with Gasteiger partial charge in [0.15, 0.2) is 0 Å². The van der Waals surface area contributed by atoms with Gasteiger partial charge in [0.2, 0.25) is 5.96 Å². The van der Waals surface area contributed by atoms with Crippen molar-refractivity contribution in [2.75, 3.05) is 13.2 Å². The van der Waals surface area contributed by atoms with E-state index >= 15 is 0 Å². The third kappa shape index (κ3) is 1.02. The van der Waals surface area contributed by atoms with Crippen molar-refractivity contribution in [1.29, 1.82) is 0 Å². The van der Waals surface area contributed by atoms with E-state index in [-0.39, 0.29) is 0 Å². The summed E-state index contributed by atoms with van der Waals surface area (Å²) in [6.45, 7) is 0.984. The number of fused-ring (bicyclic) bond motifs is 1. The summed E-state index contributed by atoms with van der Waals surface area (Å²) in [5.41, 5.74) is 5.96. The number of carbonyl (C=O) groups is 1. The highest BCUT2D eigenvalue weighted by Gasteiger charge is 2.23. The lowest BCUT2D eigenvalue weighted by Crippen LogP contribution is -2.35. The van der Waals surface area contributed by atoms with Crippen LogP contribution in [0.15, 0.2) is 16.8 Å². The van der Waals surface area contributed by atoms with Gasteiger partial charge in [0.05, 0.1) is 18.8 Å². The molecule has 0 aromatic rings. The maximum absolute atomic E-state index is 10.5. The van der Waals surface area contributed by atoms with Gasteiger partial charge in [0, 0.05) is 6.20 Å². The summed E-state index contributed by atoms with van der Waals surface area (Å²) >= 11 is 0. The van der Waals surface area contributed by atoms with Crippen molar-refractivity contribution in [3.63, 3.8) is 0 Å². The van der Waals surface area contributed by atoms with Gasteiger partial charge in [-0.15, -0.1) is 0 Å². The Morgan fingerprint density at radius 3 is 3.33 bits per heavy atom. The Hall–Kier alpha value is -1.56. The van der Waals surface area contributed by atoms with Gasteiger partial charge in [-0.2, -0.15) is 0 Å². The lowest BCUT2D eigenvalue weighted by atomic mass is 10.2. The van der Waals surface area contributed by atoms with Crippen LogP contribution < -0.4 is 10.9 Å². The zero-order chi connectivity index (χ0) is 8.55. The number of hydrogen-bond acceptors (Lipinski definition) is 5. The van der Waals surface area contributed by atoms with E-state index in [2.05, 4.69) is 15.8 Å². The summed E-state index contributed by atoms with van der Waals surface area (Å²) in [6, 6.07) is 0. The predicted octanol–water partition coefficient (Wildman–Crippen LogP) is -1.31. The van der Waals surface area contributed by atoms with Crippen LogP contribution in [0.2, 0.25) is 0 Å². The van der Waals surface area contributed by atoms with E-state index in [0.717, 1.165) is 0 Å². The number of hydrogen-bond donors (Lipinski definition) is 3. The minimum Gasteiger partial charge on any atom is -0.478 e. The molecule has 2 heterocycles. The number of aliphatic imine (C=N–C) groups is 1. The fraction of sp³-hybridized carbons (Fsp3) is 0.333. The van der Waals surface area contributed by atoms with Crippen LogP contribution in [0, 0.1) is 0 Å². The Morgan fingerprint density at radius 1 is 1.75 bits per heavy atom. The number of carboxylic acids is 1. The fourth-order valence-corrected chi connectivity index (χ4v) is 1.12. The van der Waals surface area contributed by atoms with Crippen molar-refractivity contribution >= 4 is 11.9 Å². The summed E-state index contributed by atoms with van der Waals surface area (Å²) in [4.78, 5) is 16.3. The third-order valence-electron chi connectivity index (χ3n) is 1.75. The molecule has 0 amide bonds. The van der Waals surface area contributed by atoms with Crippen molar-refractivity contribution in [1.82, 2.24) is 15.8 Å². The molecule has 12 heavy (non-hydrogen) atoms. The largest absolute Gasteiger partial charge is 0.478 e. The average molecular weight is 168 g/mol. The molecule has 2 aliphatic rings. The molecule has 0 bridgehead atoms. The molecule has 0 aliphatic carbocycles. The molecule has 0 unspecified atom stereocenters. The average Bonchev–Trinajstić information content (AvgIpc) is 2.49. The number of nitrogens with one attached hydrogen (secondary N) is 2. The minimum atomic E-state index is -0.912. The summed E-state index contributed by atoms with van der Waals surface area (Å²) < 4.78 is 0. The zero-order valence-corrected chi connectivity index (χ0v) is 6.24. The first-order valence-electron chi connectivity index (χ1n) is 3.51. The van der Waals surface area contributed by atoms with E-state index in [1.54, 1.807) is 0 Å². The standard InChI is InChI=1S/C6H8N4O2/c11-5(12)4-1-7-6-9-8-3-10(6)2-4/h1,8H,2-3H2,(H,7,9)(H,11,12). The van der Waals surface area contributed by atoms with Crippen molar-refractivity contribution in [2.45, 2.75) is 0 Å². The summed E-state index contributed by atoms with van der Waals surface area (Å²) in [5.74, 6) is -0.232. The molecular formula is C6H8N4O2.